The number of hydrogen-bond acceptors (Lipinski definition) is 4. The predicted molar refractivity (Wildman–Crippen MR) is 167 cm³/mol. The molecule has 220 valence electrons. The van der Waals surface area contributed by atoms with Crippen molar-refractivity contribution in [1.29, 1.82) is 0 Å². The minimum Gasteiger partial charge on any atom is -0.350 e. The van der Waals surface area contributed by atoms with Crippen molar-refractivity contribution in [2.75, 3.05) is 17.1 Å². The second-order valence-corrected chi connectivity index (χ2v) is 13.8. The molecule has 0 aliphatic heterocycles. The molecule has 1 N–H and O–H groups in total. The summed E-state index contributed by atoms with van der Waals surface area (Å²) in [5, 5.41) is 4.10. The molecule has 1 unspecified atom stereocenters. The first-order chi connectivity index (χ1) is 19.2. The van der Waals surface area contributed by atoms with E-state index in [2.05, 4.69) is 5.32 Å². The predicted octanol–water partition coefficient (Wildman–Crippen LogP) is 6.09. The van der Waals surface area contributed by atoms with Crippen molar-refractivity contribution in [2.45, 2.75) is 58.2 Å². The zero-order valence-electron chi connectivity index (χ0n) is 23.8. The van der Waals surface area contributed by atoms with E-state index in [1.165, 1.54) is 4.31 Å². The van der Waals surface area contributed by atoms with Crippen LogP contribution in [-0.4, -0.2) is 49.5 Å². The van der Waals surface area contributed by atoms with E-state index in [1.54, 1.807) is 41.3 Å². The lowest BCUT2D eigenvalue weighted by Gasteiger charge is -2.34. The molecular weight excluding hydrogens is 581 g/mol. The summed E-state index contributed by atoms with van der Waals surface area (Å²) in [5.74, 6) is -0.517. The number of halogens is 2. The van der Waals surface area contributed by atoms with Crippen LogP contribution in [-0.2, 0) is 32.6 Å². The Kier molecular flexibility index (Phi) is 11.2. The third-order valence-corrected chi connectivity index (χ3v) is 8.00. The van der Waals surface area contributed by atoms with E-state index in [4.69, 9.17) is 23.2 Å². The summed E-state index contributed by atoms with van der Waals surface area (Å²) in [4.78, 5) is 29.1. The van der Waals surface area contributed by atoms with Crippen LogP contribution in [0.15, 0.2) is 78.9 Å². The van der Waals surface area contributed by atoms with Gasteiger partial charge in [-0.25, -0.2) is 8.42 Å². The largest absolute Gasteiger partial charge is 0.350 e. The van der Waals surface area contributed by atoms with Crippen LogP contribution in [0, 0.1) is 0 Å². The number of carbonyl (C=O) groups excluding carboxylic acids is 2. The van der Waals surface area contributed by atoms with Crippen molar-refractivity contribution in [3.63, 3.8) is 0 Å². The maximum atomic E-state index is 13.9. The van der Waals surface area contributed by atoms with Gasteiger partial charge in [-0.1, -0.05) is 65.7 Å². The zero-order chi connectivity index (χ0) is 30.2. The Labute approximate surface area is 253 Å². The fourth-order valence-electron chi connectivity index (χ4n) is 4.40. The van der Waals surface area contributed by atoms with Crippen LogP contribution in [0.25, 0.3) is 0 Å². The van der Waals surface area contributed by atoms with Crippen molar-refractivity contribution < 1.29 is 18.0 Å². The molecule has 0 aromatic heterocycles. The Bertz CT molecular complexity index is 1410. The summed E-state index contributed by atoms with van der Waals surface area (Å²) >= 11 is 12.1. The summed E-state index contributed by atoms with van der Waals surface area (Å²) in [5.41, 5.74) is 1.70. The normalized spacial score (nSPS) is 12.4. The van der Waals surface area contributed by atoms with Crippen LogP contribution in [0.1, 0.15) is 44.7 Å². The zero-order valence-corrected chi connectivity index (χ0v) is 26.1. The quantitative estimate of drug-likeness (QED) is 0.266. The van der Waals surface area contributed by atoms with Crippen molar-refractivity contribution in [3.05, 3.63) is 100 Å². The summed E-state index contributed by atoms with van der Waals surface area (Å²) in [6.45, 7) is 5.97. The summed E-state index contributed by atoms with van der Waals surface area (Å²) in [7, 11) is -3.60. The topological polar surface area (TPSA) is 86.8 Å². The Morgan fingerprint density at radius 3 is 1.95 bits per heavy atom. The SMILES string of the molecule is CC(C)(C)NC(=O)C(Cc1ccccc1)N(Cc1ccc(Cl)cc1)C(=O)CCCN(c1ccc(Cl)cc1)S(C)(=O)=O. The molecule has 0 radical (unpaired) electrons. The molecule has 0 saturated heterocycles. The van der Waals surface area contributed by atoms with Gasteiger partial charge in [0.2, 0.25) is 21.8 Å². The minimum atomic E-state index is -3.60. The number of benzene rings is 3. The van der Waals surface area contributed by atoms with Crippen LogP contribution >= 0.6 is 23.2 Å². The van der Waals surface area contributed by atoms with Gasteiger partial charge in [-0.05, 0) is 74.7 Å². The number of carbonyl (C=O) groups is 2. The number of anilines is 1. The first kappa shape index (κ1) is 32.4. The van der Waals surface area contributed by atoms with E-state index in [9.17, 15) is 18.0 Å². The molecule has 2 amide bonds. The standard InChI is InChI=1S/C31H37Cl2N3O4S/c1-31(2,3)34-30(38)28(21-23-9-6-5-7-10-23)35(22-24-12-14-25(32)15-13-24)29(37)11-8-20-36(41(4,39)40)27-18-16-26(33)17-19-27/h5-7,9-10,12-19,28H,8,11,20-22H2,1-4H3,(H,34,38). The summed E-state index contributed by atoms with van der Waals surface area (Å²) < 4.78 is 26.4. The highest BCUT2D eigenvalue weighted by atomic mass is 35.5. The van der Waals surface area contributed by atoms with E-state index in [1.807, 2.05) is 63.2 Å². The molecule has 0 bridgehead atoms. The highest BCUT2D eigenvalue weighted by molar-refractivity contribution is 7.92. The van der Waals surface area contributed by atoms with Gasteiger partial charge in [-0.15, -0.1) is 0 Å². The number of rotatable bonds is 12. The molecule has 0 saturated carbocycles. The number of hydrogen-bond donors (Lipinski definition) is 1. The molecule has 0 spiro atoms. The highest BCUT2D eigenvalue weighted by Gasteiger charge is 2.32. The van der Waals surface area contributed by atoms with Crippen molar-refractivity contribution in [2.24, 2.45) is 0 Å². The molecule has 3 aromatic rings. The molecule has 7 nitrogen and oxygen atoms in total. The maximum Gasteiger partial charge on any atom is 0.243 e. The van der Waals surface area contributed by atoms with Crippen molar-refractivity contribution in [1.82, 2.24) is 10.2 Å². The molecule has 0 fully saturated rings. The van der Waals surface area contributed by atoms with E-state index < -0.39 is 21.6 Å². The van der Waals surface area contributed by atoms with Gasteiger partial charge in [0.1, 0.15) is 6.04 Å². The number of nitrogens with one attached hydrogen (secondary N) is 1. The smallest absolute Gasteiger partial charge is 0.243 e. The Morgan fingerprint density at radius 2 is 1.41 bits per heavy atom. The molecule has 3 rings (SSSR count). The first-order valence-corrected chi connectivity index (χ1v) is 16.0. The number of amides is 2. The van der Waals surface area contributed by atoms with Gasteiger partial charge in [0.25, 0.3) is 0 Å². The van der Waals surface area contributed by atoms with Gasteiger partial charge in [-0.3, -0.25) is 13.9 Å². The molecule has 3 aromatic carbocycles. The maximum absolute atomic E-state index is 13.9. The molecule has 0 aliphatic carbocycles. The lowest BCUT2D eigenvalue weighted by atomic mass is 10.00. The van der Waals surface area contributed by atoms with Crippen LogP contribution in [0.2, 0.25) is 10.0 Å². The van der Waals surface area contributed by atoms with E-state index in [0.29, 0.717) is 22.2 Å². The Morgan fingerprint density at radius 1 is 0.854 bits per heavy atom. The highest BCUT2D eigenvalue weighted by Crippen LogP contribution is 2.22. The van der Waals surface area contributed by atoms with E-state index >= 15 is 0 Å². The number of sulfonamides is 1. The summed E-state index contributed by atoms with van der Waals surface area (Å²) in [6.07, 6.45) is 1.75. The molecular formula is C31H37Cl2N3O4S. The molecule has 0 heterocycles. The fourth-order valence-corrected chi connectivity index (χ4v) is 5.62. The third-order valence-electron chi connectivity index (χ3n) is 6.30. The lowest BCUT2D eigenvalue weighted by Crippen LogP contribution is -2.54. The van der Waals surface area contributed by atoms with Gasteiger partial charge in [0, 0.05) is 41.5 Å². The fraction of sp³-hybridized carbons (Fsp3) is 0.355. The monoisotopic (exact) mass is 617 g/mol. The first-order valence-electron chi connectivity index (χ1n) is 13.4. The van der Waals surface area contributed by atoms with Gasteiger partial charge >= 0.3 is 0 Å². The van der Waals surface area contributed by atoms with E-state index in [0.717, 1.165) is 17.4 Å². The molecule has 1 atom stereocenters. The van der Waals surface area contributed by atoms with Crippen molar-refractivity contribution in [3.8, 4) is 0 Å². The van der Waals surface area contributed by atoms with Gasteiger partial charge in [0.05, 0.1) is 11.9 Å². The average Bonchev–Trinajstić information content (AvgIpc) is 2.89. The van der Waals surface area contributed by atoms with Crippen LogP contribution in [0.4, 0.5) is 5.69 Å². The Hall–Kier alpha value is -3.07. The second kappa shape index (κ2) is 14.2. The lowest BCUT2D eigenvalue weighted by molar-refractivity contribution is -0.142. The second-order valence-electron chi connectivity index (χ2n) is 11.0. The van der Waals surface area contributed by atoms with Gasteiger partial charge in [0.15, 0.2) is 0 Å². The van der Waals surface area contributed by atoms with E-state index in [-0.39, 0.29) is 37.7 Å². The third kappa shape index (κ3) is 10.4. The average molecular weight is 619 g/mol. The number of nitrogens with zero attached hydrogens (tertiary/aromatic N) is 2. The molecule has 0 aliphatic rings. The van der Waals surface area contributed by atoms with Gasteiger partial charge < -0.3 is 10.2 Å². The van der Waals surface area contributed by atoms with Crippen molar-refractivity contribution >= 4 is 50.7 Å². The molecule has 41 heavy (non-hydrogen) atoms. The summed E-state index contributed by atoms with van der Waals surface area (Å²) in [6, 6.07) is 22.4. The molecule has 10 heteroatoms. The Balaban J connectivity index is 1.89. The van der Waals surface area contributed by atoms with Gasteiger partial charge in [-0.2, -0.15) is 0 Å². The minimum absolute atomic E-state index is 0.0429. The van der Waals surface area contributed by atoms with Crippen LogP contribution < -0.4 is 9.62 Å². The van der Waals surface area contributed by atoms with Crippen LogP contribution in [0.3, 0.4) is 0 Å². The van der Waals surface area contributed by atoms with Crippen LogP contribution in [0.5, 0.6) is 0 Å².